The monoisotopic (exact) mass is 247 g/mol. The Balaban J connectivity index is 2.54. The van der Waals surface area contributed by atoms with Crippen molar-refractivity contribution in [1.82, 2.24) is 5.32 Å². The Morgan fingerprint density at radius 3 is 2.83 bits per heavy atom. The van der Waals surface area contributed by atoms with E-state index in [1.165, 1.54) is 14.0 Å². The fraction of sp³-hybridized carbons (Fsp3) is 0.286. The summed E-state index contributed by atoms with van der Waals surface area (Å²) in [6, 6.07) is 7.18. The lowest BCUT2D eigenvalue weighted by atomic mass is 10.1. The highest BCUT2D eigenvalue weighted by Crippen LogP contribution is 2.08. The Kier molecular flexibility index (Phi) is 5.64. The minimum Gasteiger partial charge on any atom is -0.465 e. The maximum absolute atomic E-state index is 11.3. The molecule has 4 heteroatoms. The summed E-state index contributed by atoms with van der Waals surface area (Å²) in [6.07, 6.45) is 4.61. The summed E-state index contributed by atoms with van der Waals surface area (Å²) >= 11 is 0. The number of hydrogen-bond donors (Lipinski definition) is 1. The normalized spacial score (nSPS) is 10.3. The third-order valence-corrected chi connectivity index (χ3v) is 2.30. The van der Waals surface area contributed by atoms with Crippen molar-refractivity contribution < 1.29 is 14.3 Å². The van der Waals surface area contributed by atoms with Gasteiger partial charge in [0, 0.05) is 13.5 Å². The molecule has 1 aromatic rings. The average molecular weight is 247 g/mol. The van der Waals surface area contributed by atoms with Crippen molar-refractivity contribution in [1.29, 1.82) is 0 Å². The molecule has 0 saturated carbocycles. The maximum Gasteiger partial charge on any atom is 0.337 e. The van der Waals surface area contributed by atoms with E-state index in [4.69, 9.17) is 0 Å². The zero-order chi connectivity index (χ0) is 13.4. The lowest BCUT2D eigenvalue weighted by Gasteiger charge is -2.00. The molecule has 0 atom stereocenters. The molecular weight excluding hydrogens is 230 g/mol. The number of esters is 1. The largest absolute Gasteiger partial charge is 0.465 e. The third-order valence-electron chi connectivity index (χ3n) is 2.30. The fourth-order valence-electron chi connectivity index (χ4n) is 1.44. The Bertz CT molecular complexity index is 452. The average Bonchev–Trinajstić information content (AvgIpc) is 2.37. The molecule has 18 heavy (non-hydrogen) atoms. The van der Waals surface area contributed by atoms with Gasteiger partial charge < -0.3 is 10.1 Å². The molecule has 0 heterocycles. The first-order valence-corrected chi connectivity index (χ1v) is 5.73. The molecule has 0 aromatic heterocycles. The molecule has 1 rings (SSSR count). The molecule has 0 bridgehead atoms. The van der Waals surface area contributed by atoms with Crippen LogP contribution in [0.3, 0.4) is 0 Å². The maximum atomic E-state index is 11.3. The molecule has 96 valence electrons. The molecule has 1 aromatic carbocycles. The van der Waals surface area contributed by atoms with Gasteiger partial charge in [0.25, 0.3) is 0 Å². The number of ether oxygens (including phenoxy) is 1. The van der Waals surface area contributed by atoms with Crippen LogP contribution in [0.15, 0.2) is 30.3 Å². The third kappa shape index (κ3) is 4.82. The van der Waals surface area contributed by atoms with Gasteiger partial charge in [0.2, 0.25) is 5.91 Å². The topological polar surface area (TPSA) is 55.4 Å². The number of benzene rings is 1. The molecule has 0 aliphatic rings. The van der Waals surface area contributed by atoms with Crippen LogP contribution < -0.4 is 5.32 Å². The second-order valence-corrected chi connectivity index (χ2v) is 3.79. The molecule has 0 fully saturated rings. The first-order chi connectivity index (χ1) is 8.63. The molecule has 0 spiro atoms. The van der Waals surface area contributed by atoms with Crippen LogP contribution in [-0.4, -0.2) is 25.5 Å². The molecule has 0 aliphatic carbocycles. The predicted molar refractivity (Wildman–Crippen MR) is 70.1 cm³/mol. The minimum absolute atomic E-state index is 0.0314. The van der Waals surface area contributed by atoms with Gasteiger partial charge >= 0.3 is 5.97 Å². The van der Waals surface area contributed by atoms with Crippen molar-refractivity contribution in [2.75, 3.05) is 13.7 Å². The van der Waals surface area contributed by atoms with Gasteiger partial charge in [-0.25, -0.2) is 4.79 Å². The Morgan fingerprint density at radius 2 is 2.17 bits per heavy atom. The first-order valence-electron chi connectivity index (χ1n) is 5.73. The van der Waals surface area contributed by atoms with Crippen molar-refractivity contribution in [3.05, 3.63) is 41.5 Å². The van der Waals surface area contributed by atoms with Gasteiger partial charge in [-0.1, -0.05) is 24.3 Å². The Morgan fingerprint density at radius 1 is 1.39 bits per heavy atom. The summed E-state index contributed by atoms with van der Waals surface area (Å²) in [4.78, 5) is 22.0. The molecule has 1 N–H and O–H groups in total. The van der Waals surface area contributed by atoms with Crippen molar-refractivity contribution in [3.8, 4) is 0 Å². The predicted octanol–water partition coefficient (Wildman–Crippen LogP) is 2.01. The van der Waals surface area contributed by atoms with E-state index in [0.717, 1.165) is 12.0 Å². The van der Waals surface area contributed by atoms with Gasteiger partial charge in [0.1, 0.15) is 0 Å². The molecule has 0 aliphatic heterocycles. The van der Waals surface area contributed by atoms with Crippen molar-refractivity contribution in [2.24, 2.45) is 0 Å². The smallest absolute Gasteiger partial charge is 0.337 e. The molecule has 4 nitrogen and oxygen atoms in total. The van der Waals surface area contributed by atoms with Crippen LogP contribution in [0, 0.1) is 0 Å². The summed E-state index contributed by atoms with van der Waals surface area (Å²) in [5.74, 6) is -0.375. The summed E-state index contributed by atoms with van der Waals surface area (Å²) in [7, 11) is 1.36. The van der Waals surface area contributed by atoms with Crippen molar-refractivity contribution in [2.45, 2.75) is 13.3 Å². The molecular formula is C14H17NO3. The highest BCUT2D eigenvalue weighted by Gasteiger charge is 2.03. The summed E-state index contributed by atoms with van der Waals surface area (Å²) in [5.41, 5.74) is 1.46. The van der Waals surface area contributed by atoms with E-state index in [9.17, 15) is 9.59 Å². The number of amides is 1. The number of nitrogens with one attached hydrogen (secondary N) is 1. The number of carbonyl (C=O) groups is 2. The zero-order valence-corrected chi connectivity index (χ0v) is 10.6. The van der Waals surface area contributed by atoms with Crippen LogP contribution in [0.25, 0.3) is 6.08 Å². The van der Waals surface area contributed by atoms with Gasteiger partial charge in [0.15, 0.2) is 0 Å². The van der Waals surface area contributed by atoms with Crippen molar-refractivity contribution >= 4 is 18.0 Å². The minimum atomic E-state index is -0.344. The Labute approximate surface area is 107 Å². The van der Waals surface area contributed by atoms with E-state index in [1.807, 2.05) is 18.2 Å². The van der Waals surface area contributed by atoms with E-state index in [1.54, 1.807) is 18.2 Å². The van der Waals surface area contributed by atoms with E-state index < -0.39 is 0 Å². The lowest BCUT2D eigenvalue weighted by Crippen LogP contribution is -2.20. The first kappa shape index (κ1) is 14.0. The number of methoxy groups -OCH3 is 1. The number of carbonyl (C=O) groups excluding carboxylic acids is 2. The van der Waals surface area contributed by atoms with Crippen molar-refractivity contribution in [3.63, 3.8) is 0 Å². The SMILES string of the molecule is COC(=O)c1cccc(C=CCCNC(C)=O)c1. The van der Waals surface area contributed by atoms with Crippen LogP contribution >= 0.6 is 0 Å². The van der Waals surface area contributed by atoms with Crippen LogP contribution in [-0.2, 0) is 9.53 Å². The highest BCUT2D eigenvalue weighted by molar-refractivity contribution is 5.89. The van der Waals surface area contributed by atoms with Gasteiger partial charge in [0.05, 0.1) is 12.7 Å². The molecule has 1 amide bonds. The van der Waals surface area contributed by atoms with Crippen LogP contribution in [0.4, 0.5) is 0 Å². The Hall–Kier alpha value is -2.10. The van der Waals surface area contributed by atoms with Gasteiger partial charge in [-0.2, -0.15) is 0 Å². The quantitative estimate of drug-likeness (QED) is 0.639. The summed E-state index contributed by atoms with van der Waals surface area (Å²) in [5, 5.41) is 2.71. The second-order valence-electron chi connectivity index (χ2n) is 3.79. The zero-order valence-electron chi connectivity index (χ0n) is 10.6. The number of rotatable bonds is 5. The lowest BCUT2D eigenvalue weighted by molar-refractivity contribution is -0.118. The standard InChI is InChI=1S/C14H17NO3/c1-11(16)15-9-4-3-6-12-7-5-8-13(10-12)14(17)18-2/h3,5-8,10H,4,9H2,1-2H3,(H,15,16). The van der Waals surface area contributed by atoms with Crippen LogP contribution in [0.2, 0.25) is 0 Å². The second kappa shape index (κ2) is 7.27. The van der Waals surface area contributed by atoms with E-state index in [0.29, 0.717) is 12.1 Å². The number of hydrogen-bond acceptors (Lipinski definition) is 3. The van der Waals surface area contributed by atoms with Crippen LogP contribution in [0.1, 0.15) is 29.3 Å². The van der Waals surface area contributed by atoms with E-state index in [-0.39, 0.29) is 11.9 Å². The van der Waals surface area contributed by atoms with Gasteiger partial charge in [-0.05, 0) is 24.1 Å². The van der Waals surface area contributed by atoms with E-state index in [2.05, 4.69) is 10.1 Å². The highest BCUT2D eigenvalue weighted by atomic mass is 16.5. The molecule has 0 radical (unpaired) electrons. The van der Waals surface area contributed by atoms with Crippen LogP contribution in [0.5, 0.6) is 0 Å². The van der Waals surface area contributed by atoms with Gasteiger partial charge in [-0.15, -0.1) is 0 Å². The fourth-order valence-corrected chi connectivity index (χ4v) is 1.44. The molecule has 0 saturated heterocycles. The van der Waals surface area contributed by atoms with Gasteiger partial charge in [-0.3, -0.25) is 4.79 Å². The summed E-state index contributed by atoms with van der Waals surface area (Å²) < 4.78 is 4.65. The van der Waals surface area contributed by atoms with E-state index >= 15 is 0 Å². The molecule has 0 unspecified atom stereocenters. The summed E-state index contributed by atoms with van der Waals surface area (Å²) in [6.45, 7) is 2.10.